The number of nitrogens with one attached hydrogen (secondary N) is 1. The molecule has 1 N–H and O–H groups in total. The second-order valence-electron chi connectivity index (χ2n) is 7.11. The summed E-state index contributed by atoms with van der Waals surface area (Å²) in [7, 11) is -3.48. The van der Waals surface area contributed by atoms with E-state index in [1.54, 1.807) is 17.8 Å². The number of sulfonamides is 1. The van der Waals surface area contributed by atoms with Crippen LogP contribution in [0, 0.1) is 13.8 Å². The summed E-state index contributed by atoms with van der Waals surface area (Å²) in [5.74, 6) is -0.0798. The minimum absolute atomic E-state index is 0.0798. The van der Waals surface area contributed by atoms with Gasteiger partial charge in [0.1, 0.15) is 0 Å². The molecule has 2 aromatic rings. The zero-order chi connectivity index (χ0) is 21.2. The molecule has 2 heterocycles. The number of carbonyl (C=O) groups excluding carboxylic acids is 1. The molecule has 0 bridgehead atoms. The summed E-state index contributed by atoms with van der Waals surface area (Å²) in [4.78, 5) is 18.0. The molecule has 158 valence electrons. The van der Waals surface area contributed by atoms with E-state index < -0.39 is 10.0 Å². The molecule has 0 aliphatic carbocycles. The van der Waals surface area contributed by atoms with Crippen LogP contribution < -0.4 is 5.32 Å². The second-order valence-corrected chi connectivity index (χ2v) is 11.4. The van der Waals surface area contributed by atoms with Crippen molar-refractivity contribution in [1.29, 1.82) is 0 Å². The average Bonchev–Trinajstić information content (AvgIpc) is 3.06. The number of hydrogen-bond acceptors (Lipinski definition) is 6. The second kappa shape index (κ2) is 9.18. The zero-order valence-electron chi connectivity index (χ0n) is 17.1. The van der Waals surface area contributed by atoms with E-state index >= 15 is 0 Å². The highest BCUT2D eigenvalue weighted by Crippen LogP contribution is 2.28. The SMILES string of the molecule is CSc1cccc(NC(=O)C(C)N2CCN(S(=O)(=O)c3cc(C)sc3C)CC2)c1. The maximum atomic E-state index is 13.0. The van der Waals surface area contributed by atoms with Gasteiger partial charge in [0, 0.05) is 46.5 Å². The molecule has 1 atom stereocenters. The van der Waals surface area contributed by atoms with Gasteiger partial charge in [0.15, 0.2) is 0 Å². The lowest BCUT2D eigenvalue weighted by atomic mass is 10.2. The normalized spacial score (nSPS) is 17.2. The molecule has 9 heteroatoms. The number of carbonyl (C=O) groups is 1. The molecule has 3 rings (SSSR count). The summed E-state index contributed by atoms with van der Waals surface area (Å²) in [6.45, 7) is 7.46. The fourth-order valence-electron chi connectivity index (χ4n) is 3.45. The van der Waals surface area contributed by atoms with Crippen LogP contribution in [0.4, 0.5) is 5.69 Å². The Hall–Kier alpha value is -1.39. The van der Waals surface area contributed by atoms with Gasteiger partial charge in [-0.25, -0.2) is 8.42 Å². The molecule has 0 radical (unpaired) electrons. The molecule has 1 aromatic carbocycles. The van der Waals surface area contributed by atoms with Crippen molar-refractivity contribution in [3.8, 4) is 0 Å². The third-order valence-electron chi connectivity index (χ3n) is 5.15. The molecule has 29 heavy (non-hydrogen) atoms. The minimum Gasteiger partial charge on any atom is -0.325 e. The van der Waals surface area contributed by atoms with E-state index in [0.717, 1.165) is 20.3 Å². The number of piperazine rings is 1. The van der Waals surface area contributed by atoms with Crippen LogP contribution in [0.3, 0.4) is 0 Å². The summed E-state index contributed by atoms with van der Waals surface area (Å²) in [5, 5.41) is 2.97. The number of hydrogen-bond donors (Lipinski definition) is 1. The van der Waals surface area contributed by atoms with Crippen LogP contribution >= 0.6 is 23.1 Å². The summed E-state index contributed by atoms with van der Waals surface area (Å²) in [5.41, 5.74) is 0.776. The molecule has 6 nitrogen and oxygen atoms in total. The Morgan fingerprint density at radius 2 is 1.86 bits per heavy atom. The number of nitrogens with zero attached hydrogens (tertiary/aromatic N) is 2. The van der Waals surface area contributed by atoms with Gasteiger partial charge in [0.25, 0.3) is 0 Å². The largest absolute Gasteiger partial charge is 0.325 e. The quantitative estimate of drug-likeness (QED) is 0.679. The van der Waals surface area contributed by atoms with Crippen molar-refractivity contribution in [2.75, 3.05) is 37.8 Å². The van der Waals surface area contributed by atoms with Crippen LogP contribution in [0.25, 0.3) is 0 Å². The number of benzene rings is 1. The summed E-state index contributed by atoms with van der Waals surface area (Å²) < 4.78 is 27.5. The molecular formula is C20H27N3O3S3. The van der Waals surface area contributed by atoms with Crippen molar-refractivity contribution in [2.24, 2.45) is 0 Å². The van der Waals surface area contributed by atoms with Gasteiger partial charge in [-0.1, -0.05) is 6.07 Å². The monoisotopic (exact) mass is 453 g/mol. The minimum atomic E-state index is -3.48. The topological polar surface area (TPSA) is 69.7 Å². The van der Waals surface area contributed by atoms with E-state index in [4.69, 9.17) is 0 Å². The Balaban J connectivity index is 1.61. The number of thioether (sulfide) groups is 1. The van der Waals surface area contributed by atoms with Crippen LogP contribution in [-0.2, 0) is 14.8 Å². The van der Waals surface area contributed by atoms with E-state index in [0.29, 0.717) is 31.1 Å². The lowest BCUT2D eigenvalue weighted by Gasteiger charge is -2.36. The summed E-state index contributed by atoms with van der Waals surface area (Å²) in [6, 6.07) is 9.16. The Kier molecular flexibility index (Phi) is 7.06. The van der Waals surface area contributed by atoms with Crippen molar-refractivity contribution in [3.63, 3.8) is 0 Å². The first-order valence-corrected chi connectivity index (χ1v) is 13.0. The van der Waals surface area contributed by atoms with Crippen LogP contribution in [0.5, 0.6) is 0 Å². The van der Waals surface area contributed by atoms with E-state index in [1.165, 1.54) is 15.6 Å². The van der Waals surface area contributed by atoms with Crippen molar-refractivity contribution in [1.82, 2.24) is 9.21 Å². The van der Waals surface area contributed by atoms with Crippen LogP contribution in [-0.4, -0.2) is 62.0 Å². The van der Waals surface area contributed by atoms with Crippen LogP contribution in [0.15, 0.2) is 40.1 Å². The van der Waals surface area contributed by atoms with Gasteiger partial charge in [0.2, 0.25) is 15.9 Å². The van der Waals surface area contributed by atoms with Crippen molar-refractivity contribution < 1.29 is 13.2 Å². The average molecular weight is 454 g/mol. The smallest absolute Gasteiger partial charge is 0.244 e. The first-order chi connectivity index (χ1) is 13.7. The zero-order valence-corrected chi connectivity index (χ0v) is 19.6. The molecule has 1 aliphatic rings. The lowest BCUT2D eigenvalue weighted by molar-refractivity contribution is -0.121. The van der Waals surface area contributed by atoms with Gasteiger partial charge in [-0.3, -0.25) is 9.69 Å². The van der Waals surface area contributed by atoms with E-state index in [1.807, 2.05) is 56.2 Å². The third-order valence-corrected chi connectivity index (χ3v) is 9.00. The number of aryl methyl sites for hydroxylation is 2. The van der Waals surface area contributed by atoms with Gasteiger partial charge >= 0.3 is 0 Å². The molecule has 1 unspecified atom stereocenters. The highest BCUT2D eigenvalue weighted by molar-refractivity contribution is 7.98. The standard InChI is InChI=1S/C20H27N3O3S3/c1-14-12-19(16(3)28-14)29(25,26)23-10-8-22(9-11-23)15(2)20(24)21-17-6-5-7-18(13-17)27-4/h5-7,12-13,15H,8-11H2,1-4H3,(H,21,24). The number of rotatable bonds is 6. The highest BCUT2D eigenvalue weighted by Gasteiger charge is 2.33. The van der Waals surface area contributed by atoms with Crippen molar-refractivity contribution >= 4 is 44.7 Å². The van der Waals surface area contributed by atoms with Crippen molar-refractivity contribution in [2.45, 2.75) is 36.6 Å². The summed E-state index contributed by atoms with van der Waals surface area (Å²) >= 11 is 3.13. The van der Waals surface area contributed by atoms with Gasteiger partial charge in [-0.05, 0) is 51.3 Å². The molecule has 1 amide bonds. The maximum absolute atomic E-state index is 13.0. The van der Waals surface area contributed by atoms with Gasteiger partial charge in [0.05, 0.1) is 10.9 Å². The molecule has 1 aliphatic heterocycles. The van der Waals surface area contributed by atoms with E-state index in [9.17, 15) is 13.2 Å². The Morgan fingerprint density at radius 1 is 1.17 bits per heavy atom. The predicted octanol–water partition coefficient (Wildman–Crippen LogP) is 3.42. The molecule has 0 spiro atoms. The van der Waals surface area contributed by atoms with E-state index in [2.05, 4.69) is 5.32 Å². The third kappa shape index (κ3) is 5.03. The Bertz CT molecular complexity index is 980. The number of amides is 1. The molecule has 1 aromatic heterocycles. The lowest BCUT2D eigenvalue weighted by Crippen LogP contribution is -2.53. The first kappa shape index (κ1) is 22.3. The van der Waals surface area contributed by atoms with E-state index in [-0.39, 0.29) is 11.9 Å². The molecule has 0 saturated carbocycles. The van der Waals surface area contributed by atoms with Crippen LogP contribution in [0.2, 0.25) is 0 Å². The van der Waals surface area contributed by atoms with Gasteiger partial charge < -0.3 is 5.32 Å². The molecular weight excluding hydrogens is 426 g/mol. The predicted molar refractivity (Wildman–Crippen MR) is 120 cm³/mol. The molecule has 1 saturated heterocycles. The van der Waals surface area contributed by atoms with Crippen molar-refractivity contribution in [3.05, 3.63) is 40.1 Å². The fourth-order valence-corrected chi connectivity index (χ4v) is 6.85. The fraction of sp³-hybridized carbons (Fsp3) is 0.450. The first-order valence-electron chi connectivity index (χ1n) is 9.48. The van der Waals surface area contributed by atoms with Gasteiger partial charge in [-0.2, -0.15) is 4.31 Å². The van der Waals surface area contributed by atoms with Crippen LogP contribution in [0.1, 0.15) is 16.7 Å². The highest BCUT2D eigenvalue weighted by atomic mass is 32.2. The number of thiophene rings is 1. The van der Waals surface area contributed by atoms with Gasteiger partial charge in [-0.15, -0.1) is 23.1 Å². The Labute approximate surface area is 181 Å². The Morgan fingerprint density at radius 3 is 2.45 bits per heavy atom. The molecule has 1 fully saturated rings. The summed E-state index contributed by atoms with van der Waals surface area (Å²) in [6.07, 6.45) is 2.00. The maximum Gasteiger partial charge on any atom is 0.244 e. The number of anilines is 1.